The minimum atomic E-state index is -0.500. The summed E-state index contributed by atoms with van der Waals surface area (Å²) in [5, 5.41) is 13.0. The van der Waals surface area contributed by atoms with Crippen LogP contribution in [-0.2, 0) is 11.2 Å². The van der Waals surface area contributed by atoms with Gasteiger partial charge in [-0.3, -0.25) is 14.1 Å². The zero-order chi connectivity index (χ0) is 19.4. The maximum atomic E-state index is 12.7. The number of piperidine rings is 1. The fraction of sp³-hybridized carbons (Fsp3) is 0.636. The summed E-state index contributed by atoms with van der Waals surface area (Å²) in [6.07, 6.45) is 9.77. The van der Waals surface area contributed by atoms with Crippen LogP contribution >= 0.6 is 11.9 Å². The SMILES string of the molecule is O=C1NC(C2CCCCC2)=NC12CCN(SCCCc1ccccc1O)CC2. The molecule has 152 valence electrons. The highest BCUT2D eigenvalue weighted by atomic mass is 32.2. The first-order valence-corrected chi connectivity index (χ1v) is 11.7. The molecule has 1 aromatic rings. The molecule has 28 heavy (non-hydrogen) atoms. The zero-order valence-electron chi connectivity index (χ0n) is 16.5. The number of amidine groups is 1. The lowest BCUT2D eigenvalue weighted by molar-refractivity contribution is -0.124. The lowest BCUT2D eigenvalue weighted by atomic mass is 9.88. The van der Waals surface area contributed by atoms with Gasteiger partial charge in [-0.05, 0) is 50.2 Å². The molecule has 1 aromatic carbocycles. The highest BCUT2D eigenvalue weighted by Crippen LogP contribution is 2.35. The van der Waals surface area contributed by atoms with Gasteiger partial charge in [-0.2, -0.15) is 0 Å². The van der Waals surface area contributed by atoms with E-state index in [1.54, 1.807) is 6.07 Å². The maximum absolute atomic E-state index is 12.7. The van der Waals surface area contributed by atoms with Gasteiger partial charge in [-0.25, -0.2) is 0 Å². The first kappa shape index (κ1) is 19.8. The number of hydrogen-bond acceptors (Lipinski definition) is 5. The van der Waals surface area contributed by atoms with E-state index in [9.17, 15) is 9.90 Å². The second kappa shape index (κ2) is 8.87. The molecule has 2 fully saturated rings. The van der Waals surface area contributed by atoms with E-state index in [0.717, 1.165) is 55.9 Å². The third-order valence-electron chi connectivity index (χ3n) is 6.40. The van der Waals surface area contributed by atoms with Gasteiger partial charge in [0.1, 0.15) is 17.1 Å². The number of carbonyl (C=O) groups excluding carboxylic acids is 1. The molecule has 0 atom stereocenters. The monoisotopic (exact) mass is 401 g/mol. The van der Waals surface area contributed by atoms with Crippen LogP contribution in [0, 0.1) is 5.92 Å². The van der Waals surface area contributed by atoms with Crippen molar-refractivity contribution in [3.8, 4) is 5.75 Å². The maximum Gasteiger partial charge on any atom is 0.253 e. The molecule has 0 unspecified atom stereocenters. The van der Waals surface area contributed by atoms with Gasteiger partial charge in [-0.1, -0.05) is 49.4 Å². The number of amides is 1. The van der Waals surface area contributed by atoms with E-state index in [1.807, 2.05) is 30.1 Å². The predicted molar refractivity (Wildman–Crippen MR) is 115 cm³/mol. The third kappa shape index (κ3) is 4.38. The molecule has 0 radical (unpaired) electrons. The largest absolute Gasteiger partial charge is 0.508 e. The first-order chi connectivity index (χ1) is 13.7. The summed E-state index contributed by atoms with van der Waals surface area (Å²) in [7, 11) is 0. The van der Waals surface area contributed by atoms with E-state index >= 15 is 0 Å². The number of para-hydroxylation sites is 1. The van der Waals surface area contributed by atoms with Crippen molar-refractivity contribution in [1.29, 1.82) is 0 Å². The number of aryl methyl sites for hydroxylation is 1. The molecule has 2 aliphatic heterocycles. The van der Waals surface area contributed by atoms with E-state index in [0.29, 0.717) is 11.7 Å². The fourth-order valence-corrected chi connectivity index (χ4v) is 5.59. The number of aliphatic imine (C=N–C) groups is 1. The molecule has 1 saturated carbocycles. The van der Waals surface area contributed by atoms with Crippen molar-refractivity contribution in [3.05, 3.63) is 29.8 Å². The molecule has 2 heterocycles. The highest BCUT2D eigenvalue weighted by Gasteiger charge is 2.46. The van der Waals surface area contributed by atoms with Gasteiger partial charge in [0.05, 0.1) is 0 Å². The van der Waals surface area contributed by atoms with Crippen molar-refractivity contribution in [1.82, 2.24) is 9.62 Å². The topological polar surface area (TPSA) is 64.9 Å². The first-order valence-electron chi connectivity index (χ1n) is 10.7. The minimum Gasteiger partial charge on any atom is -0.508 e. The average Bonchev–Trinajstić information content (AvgIpc) is 3.05. The number of carbonyl (C=O) groups is 1. The second-order valence-electron chi connectivity index (χ2n) is 8.31. The minimum absolute atomic E-state index is 0.136. The number of hydrogen-bond donors (Lipinski definition) is 2. The molecule has 2 N–H and O–H groups in total. The standard InChI is InChI=1S/C22H31N3O2S/c26-19-11-5-4-7-17(19)10-6-16-28-25-14-12-22(13-15-25)21(27)23-20(24-22)18-8-2-1-3-9-18/h4-5,7,11,18,26H,1-3,6,8-10,12-16H2,(H,23,24,27). The van der Waals surface area contributed by atoms with Crippen LogP contribution in [0.2, 0.25) is 0 Å². The highest BCUT2D eigenvalue weighted by molar-refractivity contribution is 7.97. The summed E-state index contributed by atoms with van der Waals surface area (Å²) in [6, 6.07) is 7.58. The van der Waals surface area contributed by atoms with Crippen molar-refractivity contribution < 1.29 is 9.90 Å². The van der Waals surface area contributed by atoms with E-state index in [4.69, 9.17) is 4.99 Å². The molecule has 6 heteroatoms. The predicted octanol–water partition coefficient (Wildman–Crippen LogP) is 3.92. The van der Waals surface area contributed by atoms with Gasteiger partial charge in [0.15, 0.2) is 0 Å². The Morgan fingerprint density at radius 1 is 1.18 bits per heavy atom. The Labute approximate surface area is 172 Å². The van der Waals surface area contributed by atoms with Crippen molar-refractivity contribution >= 4 is 23.7 Å². The second-order valence-corrected chi connectivity index (χ2v) is 9.50. The van der Waals surface area contributed by atoms with Crippen molar-refractivity contribution in [2.45, 2.75) is 63.3 Å². The molecule has 1 aliphatic carbocycles. The Kier molecular flexibility index (Phi) is 6.26. The fourth-order valence-electron chi connectivity index (χ4n) is 4.61. The van der Waals surface area contributed by atoms with Gasteiger partial charge in [-0.15, -0.1) is 0 Å². The summed E-state index contributed by atoms with van der Waals surface area (Å²) < 4.78 is 2.39. The van der Waals surface area contributed by atoms with Crippen LogP contribution in [-0.4, -0.2) is 45.5 Å². The molecule has 4 rings (SSSR count). The summed E-state index contributed by atoms with van der Waals surface area (Å²) in [6.45, 7) is 1.83. The van der Waals surface area contributed by atoms with Crippen molar-refractivity contribution in [2.75, 3.05) is 18.8 Å². The number of nitrogens with zero attached hydrogens (tertiary/aromatic N) is 2. The van der Waals surface area contributed by atoms with Gasteiger partial charge in [0.25, 0.3) is 5.91 Å². The van der Waals surface area contributed by atoms with Crippen LogP contribution in [0.15, 0.2) is 29.3 Å². The Balaban J connectivity index is 1.23. The molecule has 1 saturated heterocycles. The van der Waals surface area contributed by atoms with Gasteiger partial charge >= 0.3 is 0 Å². The van der Waals surface area contributed by atoms with Crippen LogP contribution < -0.4 is 5.32 Å². The Bertz CT molecular complexity index is 722. The van der Waals surface area contributed by atoms with Crippen LogP contribution in [0.25, 0.3) is 0 Å². The van der Waals surface area contributed by atoms with Gasteiger partial charge < -0.3 is 10.4 Å². The van der Waals surface area contributed by atoms with Crippen molar-refractivity contribution in [3.63, 3.8) is 0 Å². The molecular formula is C22H31N3O2S. The molecule has 5 nitrogen and oxygen atoms in total. The van der Waals surface area contributed by atoms with Crippen LogP contribution in [0.4, 0.5) is 0 Å². The molecule has 1 amide bonds. The number of rotatable bonds is 6. The number of nitrogens with one attached hydrogen (secondary N) is 1. The third-order valence-corrected chi connectivity index (χ3v) is 7.60. The van der Waals surface area contributed by atoms with Crippen LogP contribution in [0.5, 0.6) is 5.75 Å². The number of aromatic hydroxyl groups is 1. The molecular weight excluding hydrogens is 370 g/mol. The molecule has 3 aliphatic rings. The molecule has 1 spiro atoms. The number of phenolic OH excluding ortho intramolecular Hbond substituents is 1. The zero-order valence-corrected chi connectivity index (χ0v) is 17.3. The van der Waals surface area contributed by atoms with Crippen LogP contribution in [0.3, 0.4) is 0 Å². The van der Waals surface area contributed by atoms with Gasteiger partial charge in [0, 0.05) is 24.8 Å². The van der Waals surface area contributed by atoms with Crippen molar-refractivity contribution in [2.24, 2.45) is 10.9 Å². The smallest absolute Gasteiger partial charge is 0.253 e. The van der Waals surface area contributed by atoms with Gasteiger partial charge in [0.2, 0.25) is 0 Å². The summed E-state index contributed by atoms with van der Waals surface area (Å²) in [5.41, 5.74) is 0.521. The Hall–Kier alpha value is -1.53. The van der Waals surface area contributed by atoms with E-state index < -0.39 is 5.54 Å². The van der Waals surface area contributed by atoms with E-state index in [-0.39, 0.29) is 5.91 Å². The Morgan fingerprint density at radius 3 is 2.68 bits per heavy atom. The average molecular weight is 402 g/mol. The lowest BCUT2D eigenvalue weighted by Gasteiger charge is -2.34. The number of phenols is 1. The van der Waals surface area contributed by atoms with Crippen LogP contribution in [0.1, 0.15) is 56.9 Å². The number of benzene rings is 1. The lowest BCUT2D eigenvalue weighted by Crippen LogP contribution is -2.47. The summed E-state index contributed by atoms with van der Waals surface area (Å²) in [5.74, 6) is 3.01. The molecule has 0 aromatic heterocycles. The quantitative estimate of drug-likeness (QED) is 0.560. The molecule has 0 bridgehead atoms. The Morgan fingerprint density at radius 2 is 1.93 bits per heavy atom. The van der Waals surface area contributed by atoms with E-state index in [1.165, 1.54) is 32.1 Å². The summed E-state index contributed by atoms with van der Waals surface area (Å²) in [4.78, 5) is 17.6. The van der Waals surface area contributed by atoms with E-state index in [2.05, 4.69) is 9.62 Å². The summed E-state index contributed by atoms with van der Waals surface area (Å²) >= 11 is 1.87. The normalized spacial score (nSPS) is 23.0.